The number of anilines is 1. The summed E-state index contributed by atoms with van der Waals surface area (Å²) < 4.78 is 31.7. The Hall–Kier alpha value is -3.01. The molecule has 0 bridgehead atoms. The normalized spacial score (nSPS) is 11.4. The van der Waals surface area contributed by atoms with Gasteiger partial charge in [-0.05, 0) is 31.5 Å². The topological polar surface area (TPSA) is 92.8 Å². The Kier molecular flexibility index (Phi) is 7.44. The van der Waals surface area contributed by atoms with Gasteiger partial charge < -0.3 is 10.1 Å². The van der Waals surface area contributed by atoms with Gasteiger partial charge in [0.2, 0.25) is 15.9 Å². The molecule has 0 radical (unpaired) electrons. The van der Waals surface area contributed by atoms with E-state index >= 15 is 0 Å². The van der Waals surface area contributed by atoms with Crippen LogP contribution in [-0.4, -0.2) is 44.8 Å². The number of aryl methyl sites for hydroxylation is 1. The van der Waals surface area contributed by atoms with Crippen molar-refractivity contribution in [2.75, 3.05) is 25.5 Å². The number of amides is 1. The number of nitrogens with zero attached hydrogens (tertiary/aromatic N) is 1. The third-order valence-corrected chi connectivity index (χ3v) is 7.42. The number of carbonyl (C=O) groups excluding carboxylic acids is 2. The zero-order chi connectivity index (χ0) is 23.3. The lowest BCUT2D eigenvalue weighted by Gasteiger charge is -2.17. The van der Waals surface area contributed by atoms with Crippen LogP contribution in [0, 0.1) is 6.92 Å². The van der Waals surface area contributed by atoms with Crippen molar-refractivity contribution in [2.24, 2.45) is 0 Å². The smallest absolute Gasteiger partial charge is 0.341 e. The zero-order valence-corrected chi connectivity index (χ0v) is 19.6. The van der Waals surface area contributed by atoms with Crippen molar-refractivity contribution < 1.29 is 22.7 Å². The molecular weight excluding hydrogens is 448 g/mol. The van der Waals surface area contributed by atoms with Gasteiger partial charge in [0.25, 0.3) is 0 Å². The first kappa shape index (κ1) is 23.6. The van der Waals surface area contributed by atoms with Crippen molar-refractivity contribution in [3.8, 4) is 11.1 Å². The first-order valence-corrected chi connectivity index (χ1v) is 12.2. The van der Waals surface area contributed by atoms with Crippen LogP contribution in [0.1, 0.15) is 22.8 Å². The predicted molar refractivity (Wildman–Crippen MR) is 125 cm³/mol. The number of carbonyl (C=O) groups is 2. The molecule has 0 unspecified atom stereocenters. The second kappa shape index (κ2) is 10.1. The molecule has 0 saturated carbocycles. The van der Waals surface area contributed by atoms with Crippen LogP contribution < -0.4 is 5.32 Å². The lowest BCUT2D eigenvalue weighted by molar-refractivity contribution is -0.116. The molecule has 1 amide bonds. The van der Waals surface area contributed by atoms with Gasteiger partial charge in [-0.2, -0.15) is 4.31 Å². The molecule has 168 valence electrons. The molecule has 0 aliphatic heterocycles. The minimum absolute atomic E-state index is 0.105. The van der Waals surface area contributed by atoms with Crippen molar-refractivity contribution in [1.29, 1.82) is 0 Å². The second-order valence-corrected chi connectivity index (χ2v) is 9.99. The maximum Gasteiger partial charge on any atom is 0.341 e. The van der Waals surface area contributed by atoms with Gasteiger partial charge >= 0.3 is 5.97 Å². The van der Waals surface area contributed by atoms with Crippen molar-refractivity contribution in [3.63, 3.8) is 0 Å². The van der Waals surface area contributed by atoms with E-state index < -0.39 is 28.4 Å². The average molecular weight is 473 g/mol. The third kappa shape index (κ3) is 5.24. The molecule has 0 aliphatic carbocycles. The van der Waals surface area contributed by atoms with E-state index in [1.165, 1.54) is 30.5 Å². The molecule has 0 atom stereocenters. The van der Waals surface area contributed by atoms with Crippen LogP contribution in [0.3, 0.4) is 0 Å². The molecule has 3 rings (SSSR count). The first-order chi connectivity index (χ1) is 15.2. The Bertz CT molecular complexity index is 1200. The molecule has 0 fully saturated rings. The summed E-state index contributed by atoms with van der Waals surface area (Å²) in [4.78, 5) is 25.4. The van der Waals surface area contributed by atoms with E-state index in [0.717, 1.165) is 15.4 Å². The van der Waals surface area contributed by atoms with Gasteiger partial charge in [0.15, 0.2) is 0 Å². The van der Waals surface area contributed by atoms with Gasteiger partial charge in [-0.1, -0.05) is 48.0 Å². The molecule has 0 aliphatic rings. The van der Waals surface area contributed by atoms with Gasteiger partial charge in [0, 0.05) is 18.0 Å². The van der Waals surface area contributed by atoms with Crippen LogP contribution in [0.15, 0.2) is 64.9 Å². The van der Waals surface area contributed by atoms with E-state index in [1.807, 2.05) is 37.3 Å². The number of likely N-dealkylation sites (N-methyl/N-ethyl adjacent to an activating group) is 1. The standard InChI is InChI=1S/C23H24N2O5S2/c1-4-30-23(27)21-19(17-8-6-5-7-9-17)15-31-22(21)24-20(26)14-25(3)32(28,29)18-12-10-16(2)11-13-18/h5-13,15H,4,14H2,1-3H3,(H,24,26). The van der Waals surface area contributed by atoms with E-state index in [1.54, 1.807) is 24.4 Å². The number of nitrogens with one attached hydrogen (secondary N) is 1. The Balaban J connectivity index is 1.82. The van der Waals surface area contributed by atoms with Crippen LogP contribution in [0.2, 0.25) is 0 Å². The highest BCUT2D eigenvalue weighted by atomic mass is 32.2. The van der Waals surface area contributed by atoms with Crippen LogP contribution >= 0.6 is 11.3 Å². The summed E-state index contributed by atoms with van der Waals surface area (Å²) in [5, 5.41) is 4.76. The molecule has 1 heterocycles. The number of hydrogen-bond acceptors (Lipinski definition) is 6. The third-order valence-electron chi connectivity index (χ3n) is 4.70. The number of ether oxygens (including phenoxy) is 1. The molecule has 32 heavy (non-hydrogen) atoms. The highest BCUT2D eigenvalue weighted by Gasteiger charge is 2.26. The van der Waals surface area contributed by atoms with Crippen molar-refractivity contribution in [1.82, 2.24) is 4.31 Å². The maximum absolute atomic E-state index is 12.8. The Morgan fingerprint density at radius 3 is 2.34 bits per heavy atom. The zero-order valence-electron chi connectivity index (χ0n) is 18.0. The Morgan fingerprint density at radius 1 is 1.06 bits per heavy atom. The van der Waals surface area contributed by atoms with E-state index in [9.17, 15) is 18.0 Å². The number of rotatable bonds is 8. The quantitative estimate of drug-likeness (QED) is 0.497. The number of thiophene rings is 1. The number of esters is 1. The molecule has 1 aromatic heterocycles. The van der Waals surface area contributed by atoms with E-state index in [0.29, 0.717) is 10.6 Å². The number of benzene rings is 2. The maximum atomic E-state index is 12.8. The van der Waals surface area contributed by atoms with Gasteiger partial charge in [-0.25, -0.2) is 13.2 Å². The van der Waals surface area contributed by atoms with Gasteiger partial charge in [0.1, 0.15) is 10.6 Å². The highest BCUT2D eigenvalue weighted by Crippen LogP contribution is 2.36. The number of hydrogen-bond donors (Lipinski definition) is 1. The fraction of sp³-hybridized carbons (Fsp3) is 0.217. The minimum Gasteiger partial charge on any atom is -0.462 e. The van der Waals surface area contributed by atoms with Crippen molar-refractivity contribution in [3.05, 3.63) is 71.1 Å². The predicted octanol–water partition coefficient (Wildman–Crippen LogP) is 4.16. The SMILES string of the molecule is CCOC(=O)c1c(-c2ccccc2)csc1NC(=O)CN(C)S(=O)(=O)c1ccc(C)cc1. The van der Waals surface area contributed by atoms with Crippen LogP contribution in [0.4, 0.5) is 5.00 Å². The summed E-state index contributed by atoms with van der Waals surface area (Å²) in [5.74, 6) is -1.11. The highest BCUT2D eigenvalue weighted by molar-refractivity contribution is 7.89. The molecule has 0 saturated heterocycles. The summed E-state index contributed by atoms with van der Waals surface area (Å²) in [5.41, 5.74) is 2.64. The van der Waals surface area contributed by atoms with Crippen molar-refractivity contribution in [2.45, 2.75) is 18.7 Å². The molecule has 2 aromatic carbocycles. The summed E-state index contributed by atoms with van der Waals surface area (Å²) in [7, 11) is -2.49. The molecule has 7 nitrogen and oxygen atoms in total. The molecule has 0 spiro atoms. The van der Waals surface area contributed by atoms with Crippen LogP contribution in [0.5, 0.6) is 0 Å². The second-order valence-electron chi connectivity index (χ2n) is 7.06. The first-order valence-electron chi connectivity index (χ1n) is 9.91. The van der Waals surface area contributed by atoms with Gasteiger partial charge in [0.05, 0.1) is 18.0 Å². The average Bonchev–Trinajstić information content (AvgIpc) is 3.18. The lowest BCUT2D eigenvalue weighted by atomic mass is 10.0. The molecule has 9 heteroatoms. The fourth-order valence-electron chi connectivity index (χ4n) is 3.03. The molecule has 1 N–H and O–H groups in total. The monoisotopic (exact) mass is 472 g/mol. The summed E-state index contributed by atoms with van der Waals surface area (Å²) in [6, 6.07) is 15.7. The summed E-state index contributed by atoms with van der Waals surface area (Å²) >= 11 is 1.19. The van der Waals surface area contributed by atoms with Gasteiger partial charge in [-0.3, -0.25) is 4.79 Å². The van der Waals surface area contributed by atoms with E-state index in [2.05, 4.69) is 5.32 Å². The van der Waals surface area contributed by atoms with E-state index in [4.69, 9.17) is 4.74 Å². The Morgan fingerprint density at radius 2 is 1.72 bits per heavy atom. The molecular formula is C23H24N2O5S2. The molecule has 3 aromatic rings. The van der Waals surface area contributed by atoms with Crippen LogP contribution in [-0.2, 0) is 19.6 Å². The van der Waals surface area contributed by atoms with Gasteiger partial charge in [-0.15, -0.1) is 11.3 Å². The minimum atomic E-state index is -3.83. The largest absolute Gasteiger partial charge is 0.462 e. The lowest BCUT2D eigenvalue weighted by Crippen LogP contribution is -2.35. The summed E-state index contributed by atoms with van der Waals surface area (Å²) in [6.07, 6.45) is 0. The fourth-order valence-corrected chi connectivity index (χ4v) is 5.13. The summed E-state index contributed by atoms with van der Waals surface area (Å²) in [6.45, 7) is 3.35. The van der Waals surface area contributed by atoms with Crippen molar-refractivity contribution >= 4 is 38.2 Å². The Labute approximate surface area is 191 Å². The number of sulfonamides is 1. The van der Waals surface area contributed by atoms with Crippen LogP contribution in [0.25, 0.3) is 11.1 Å². The van der Waals surface area contributed by atoms with E-state index in [-0.39, 0.29) is 17.1 Å².